The van der Waals surface area contributed by atoms with E-state index >= 15 is 0 Å². The number of ether oxygens (including phenoxy) is 1. The molecule has 1 aliphatic heterocycles. The minimum absolute atomic E-state index is 0.147. The van der Waals surface area contributed by atoms with Gasteiger partial charge in [-0.3, -0.25) is 4.79 Å². The lowest BCUT2D eigenvalue weighted by Gasteiger charge is -2.19. The number of carbonyl (C=O) groups is 1. The van der Waals surface area contributed by atoms with Crippen molar-refractivity contribution in [2.45, 2.75) is 32.8 Å². The van der Waals surface area contributed by atoms with Crippen LogP contribution in [0, 0.1) is 0 Å². The third-order valence-electron chi connectivity index (χ3n) is 4.02. The Balaban J connectivity index is 1.67. The van der Waals surface area contributed by atoms with Crippen LogP contribution in [-0.2, 0) is 16.8 Å². The van der Waals surface area contributed by atoms with Gasteiger partial charge in [0, 0.05) is 0 Å². The zero-order valence-electron chi connectivity index (χ0n) is 15.0. The zero-order chi connectivity index (χ0) is 18.7. The summed E-state index contributed by atoms with van der Waals surface area (Å²) in [5, 5.41) is 2.62. The summed E-state index contributed by atoms with van der Waals surface area (Å²) >= 11 is 6.29. The highest BCUT2D eigenvalue weighted by molar-refractivity contribution is 8.26. The molecule has 1 amide bonds. The van der Waals surface area contributed by atoms with Crippen LogP contribution in [0.1, 0.15) is 37.5 Å². The second-order valence-electron chi connectivity index (χ2n) is 7.16. The normalized spacial score (nSPS) is 16.0. The van der Waals surface area contributed by atoms with Crippen molar-refractivity contribution >= 4 is 40.3 Å². The van der Waals surface area contributed by atoms with Crippen LogP contribution in [0.15, 0.2) is 53.4 Å². The highest BCUT2D eigenvalue weighted by Gasteiger charge is 2.21. The number of carbonyl (C=O) groups excluding carboxylic acids is 1. The Labute approximate surface area is 163 Å². The van der Waals surface area contributed by atoms with Crippen LogP contribution in [0.4, 0.5) is 0 Å². The first-order chi connectivity index (χ1) is 12.3. The minimum atomic E-state index is -0.148. The van der Waals surface area contributed by atoms with E-state index in [1.165, 1.54) is 17.3 Å². The van der Waals surface area contributed by atoms with Crippen LogP contribution in [0.3, 0.4) is 0 Å². The first-order valence-corrected chi connectivity index (χ1v) is 9.61. The molecule has 0 atom stereocenters. The summed E-state index contributed by atoms with van der Waals surface area (Å²) < 4.78 is 6.40. The third kappa shape index (κ3) is 4.74. The van der Waals surface area contributed by atoms with E-state index < -0.39 is 0 Å². The van der Waals surface area contributed by atoms with Crippen LogP contribution in [0.2, 0.25) is 0 Å². The molecule has 2 aromatic carbocycles. The topological polar surface area (TPSA) is 38.3 Å². The van der Waals surface area contributed by atoms with Crippen molar-refractivity contribution in [2.75, 3.05) is 0 Å². The van der Waals surface area contributed by atoms with Gasteiger partial charge in [0.05, 0.1) is 4.91 Å². The van der Waals surface area contributed by atoms with E-state index in [9.17, 15) is 4.79 Å². The Hall–Kier alpha value is -2.11. The maximum absolute atomic E-state index is 11.8. The maximum atomic E-state index is 11.8. The zero-order valence-corrected chi connectivity index (χ0v) is 16.7. The lowest BCUT2D eigenvalue weighted by Crippen LogP contribution is -2.17. The van der Waals surface area contributed by atoms with E-state index in [4.69, 9.17) is 17.0 Å². The molecule has 5 heteroatoms. The predicted octanol–water partition coefficient (Wildman–Crippen LogP) is 5.05. The molecule has 3 rings (SSSR count). The molecule has 0 spiro atoms. The Kier molecular flexibility index (Phi) is 5.49. The lowest BCUT2D eigenvalue weighted by molar-refractivity contribution is -0.115. The third-order valence-corrected chi connectivity index (χ3v) is 5.19. The van der Waals surface area contributed by atoms with Crippen molar-refractivity contribution in [3.8, 4) is 5.75 Å². The Morgan fingerprint density at radius 1 is 1.15 bits per heavy atom. The Bertz CT molecular complexity index is 864. The standard InChI is InChI=1S/C21H21NO2S2/c1-21(2,3)16-9-7-14(8-10-16)13-24-17-6-4-5-15(11-17)12-18-19(23)22-20(25)26-18/h4-12H,13H2,1-3H3,(H,22,23,25). The molecular formula is C21H21NO2S2. The molecule has 1 aliphatic rings. The average Bonchev–Trinajstić information content (AvgIpc) is 2.90. The summed E-state index contributed by atoms with van der Waals surface area (Å²) in [5.74, 6) is 0.621. The van der Waals surface area contributed by atoms with Crippen molar-refractivity contribution in [2.24, 2.45) is 0 Å². The highest BCUT2D eigenvalue weighted by Crippen LogP contribution is 2.27. The first-order valence-electron chi connectivity index (χ1n) is 8.38. The maximum Gasteiger partial charge on any atom is 0.263 e. The van der Waals surface area contributed by atoms with Crippen molar-refractivity contribution in [3.63, 3.8) is 0 Å². The fourth-order valence-electron chi connectivity index (χ4n) is 2.53. The smallest absolute Gasteiger partial charge is 0.263 e. The van der Waals surface area contributed by atoms with Gasteiger partial charge in [0.2, 0.25) is 0 Å². The van der Waals surface area contributed by atoms with E-state index in [0.717, 1.165) is 16.9 Å². The van der Waals surface area contributed by atoms with Gasteiger partial charge in [0.15, 0.2) is 0 Å². The lowest BCUT2D eigenvalue weighted by atomic mass is 9.87. The van der Waals surface area contributed by atoms with Crippen LogP contribution in [0.5, 0.6) is 5.75 Å². The quantitative estimate of drug-likeness (QED) is 0.592. The fourth-order valence-corrected chi connectivity index (χ4v) is 3.58. The fraction of sp³-hybridized carbons (Fsp3) is 0.238. The molecule has 1 saturated heterocycles. The van der Waals surface area contributed by atoms with Crippen LogP contribution in [0.25, 0.3) is 6.08 Å². The van der Waals surface area contributed by atoms with E-state index in [-0.39, 0.29) is 11.3 Å². The number of hydrogen-bond acceptors (Lipinski definition) is 4. The van der Waals surface area contributed by atoms with E-state index in [2.05, 4.69) is 50.4 Å². The summed E-state index contributed by atoms with van der Waals surface area (Å²) in [6.07, 6.45) is 1.82. The number of thiocarbonyl (C=S) groups is 1. The molecule has 0 bridgehead atoms. The van der Waals surface area contributed by atoms with Crippen molar-refractivity contribution in [3.05, 3.63) is 70.1 Å². The first kappa shape index (κ1) is 18.7. The molecule has 1 fully saturated rings. The van der Waals surface area contributed by atoms with Crippen molar-refractivity contribution in [1.82, 2.24) is 5.32 Å². The summed E-state index contributed by atoms with van der Waals surface area (Å²) in [7, 11) is 0. The van der Waals surface area contributed by atoms with Gasteiger partial charge in [-0.15, -0.1) is 0 Å². The van der Waals surface area contributed by atoms with Gasteiger partial charge in [-0.05, 0) is 40.3 Å². The molecule has 0 radical (unpaired) electrons. The number of nitrogens with one attached hydrogen (secondary N) is 1. The van der Waals surface area contributed by atoms with Gasteiger partial charge >= 0.3 is 0 Å². The monoisotopic (exact) mass is 383 g/mol. The second-order valence-corrected chi connectivity index (χ2v) is 8.88. The van der Waals surface area contributed by atoms with Gasteiger partial charge < -0.3 is 10.1 Å². The molecule has 3 nitrogen and oxygen atoms in total. The molecule has 0 saturated carbocycles. The number of rotatable bonds is 4. The largest absolute Gasteiger partial charge is 0.489 e. The van der Waals surface area contributed by atoms with Gasteiger partial charge in [-0.2, -0.15) is 0 Å². The van der Waals surface area contributed by atoms with Crippen LogP contribution in [-0.4, -0.2) is 10.2 Å². The summed E-state index contributed by atoms with van der Waals surface area (Å²) in [4.78, 5) is 12.4. The number of hydrogen-bond donors (Lipinski definition) is 1. The highest BCUT2D eigenvalue weighted by atomic mass is 32.2. The van der Waals surface area contributed by atoms with Gasteiger partial charge in [-0.1, -0.05) is 81.1 Å². The van der Waals surface area contributed by atoms with Gasteiger partial charge in [0.25, 0.3) is 5.91 Å². The predicted molar refractivity (Wildman–Crippen MR) is 112 cm³/mol. The average molecular weight is 384 g/mol. The van der Waals surface area contributed by atoms with Crippen LogP contribution < -0.4 is 10.1 Å². The van der Waals surface area contributed by atoms with E-state index in [1.54, 1.807) is 0 Å². The Morgan fingerprint density at radius 2 is 1.88 bits per heavy atom. The molecule has 2 aromatic rings. The molecular weight excluding hydrogens is 362 g/mol. The summed E-state index contributed by atoms with van der Waals surface area (Å²) in [6, 6.07) is 16.2. The van der Waals surface area contributed by atoms with Crippen molar-refractivity contribution < 1.29 is 9.53 Å². The summed E-state index contributed by atoms with van der Waals surface area (Å²) in [6.45, 7) is 7.11. The van der Waals surface area contributed by atoms with Gasteiger partial charge in [-0.25, -0.2) is 0 Å². The molecule has 1 N–H and O–H groups in total. The molecule has 0 aromatic heterocycles. The number of benzene rings is 2. The summed E-state index contributed by atoms with van der Waals surface area (Å²) in [5.41, 5.74) is 3.49. The Morgan fingerprint density at radius 3 is 2.50 bits per heavy atom. The molecule has 134 valence electrons. The molecule has 1 heterocycles. The van der Waals surface area contributed by atoms with Crippen LogP contribution >= 0.6 is 24.0 Å². The van der Waals surface area contributed by atoms with E-state index in [0.29, 0.717) is 15.8 Å². The second kappa shape index (κ2) is 7.64. The number of amides is 1. The molecule has 26 heavy (non-hydrogen) atoms. The van der Waals surface area contributed by atoms with Gasteiger partial charge in [0.1, 0.15) is 16.7 Å². The van der Waals surface area contributed by atoms with Crippen molar-refractivity contribution in [1.29, 1.82) is 0 Å². The SMILES string of the molecule is CC(C)(C)c1ccc(COc2cccc(C=C3SC(=S)NC3=O)c2)cc1. The number of thioether (sulfide) groups is 1. The molecule has 0 aliphatic carbocycles. The van der Waals surface area contributed by atoms with E-state index in [1.807, 2.05) is 30.3 Å². The minimum Gasteiger partial charge on any atom is -0.489 e. The molecule has 0 unspecified atom stereocenters.